The Hall–Kier alpha value is -2.38. The Labute approximate surface area is 262 Å². The largest absolute Gasteiger partial charge is 1.00 e. The van der Waals surface area contributed by atoms with Gasteiger partial charge in [-0.3, -0.25) is 4.79 Å². The zero-order valence-corrected chi connectivity index (χ0v) is 27.7. The fourth-order valence-corrected chi connectivity index (χ4v) is 5.56. The Balaban J connectivity index is 0.00000588. The normalized spacial score (nSPS) is 10.7. The Morgan fingerprint density at radius 3 is 2.00 bits per heavy atom. The van der Waals surface area contributed by atoms with Crippen molar-refractivity contribution < 1.29 is 35.8 Å². The van der Waals surface area contributed by atoms with Crippen LogP contribution >= 0.6 is 11.3 Å². The minimum atomic E-state index is 0. The third-order valence-corrected chi connectivity index (χ3v) is 8.02. The molecule has 0 bridgehead atoms. The molecule has 7 heteroatoms. The third-order valence-electron chi connectivity index (χ3n) is 7.34. The number of methoxy groups -OCH3 is 1. The standard InChI is InChI=1S/C34H49N2O3S.BrH/c1-4-5-6-7-8-9-10-11-12-13-14-15-23-39-33-21-18-31(25-34(33)38-3)27-36(29(2)37)32-19-16-30(17-20-32)26-35-22-24-40-28-35;/h16-22,24-25,28H,4-15,23,26-27H2,1-3H3;1H/q+1;/p-1. The molecule has 0 aliphatic rings. The molecule has 0 unspecified atom stereocenters. The van der Waals surface area contributed by atoms with Crippen molar-refractivity contribution in [3.8, 4) is 11.5 Å². The molecule has 3 aromatic rings. The zero-order chi connectivity index (χ0) is 28.4. The van der Waals surface area contributed by atoms with Crippen molar-refractivity contribution in [2.45, 2.75) is 104 Å². The van der Waals surface area contributed by atoms with Crippen LogP contribution in [0.25, 0.3) is 0 Å². The van der Waals surface area contributed by atoms with Crippen molar-refractivity contribution in [2.24, 2.45) is 0 Å². The smallest absolute Gasteiger partial charge is 0.224 e. The Morgan fingerprint density at radius 1 is 0.829 bits per heavy atom. The number of amides is 1. The SMILES string of the molecule is CCCCCCCCCCCCCCOc1ccc(CN(C(C)=O)c2ccc(C[n+]3ccsc3)cc2)cc1OC.[Br-]. The highest BCUT2D eigenvalue weighted by atomic mass is 79.9. The summed E-state index contributed by atoms with van der Waals surface area (Å²) in [5.41, 5.74) is 5.18. The number of unbranched alkanes of at least 4 members (excludes halogenated alkanes) is 11. The number of hydrogen-bond donors (Lipinski definition) is 0. The number of hydrogen-bond acceptors (Lipinski definition) is 4. The first-order valence-electron chi connectivity index (χ1n) is 15.2. The fourth-order valence-electron chi connectivity index (χ4n) is 4.97. The molecule has 5 nitrogen and oxygen atoms in total. The van der Waals surface area contributed by atoms with Crippen molar-refractivity contribution in [3.05, 3.63) is 70.7 Å². The van der Waals surface area contributed by atoms with Gasteiger partial charge in [-0.2, -0.15) is 4.57 Å². The molecular weight excluding hydrogens is 596 g/mol. The van der Waals surface area contributed by atoms with Crippen LogP contribution in [0.3, 0.4) is 0 Å². The van der Waals surface area contributed by atoms with Crippen LogP contribution in [0.15, 0.2) is 59.6 Å². The average Bonchev–Trinajstić information content (AvgIpc) is 3.48. The lowest BCUT2D eigenvalue weighted by molar-refractivity contribution is -0.683. The highest BCUT2D eigenvalue weighted by molar-refractivity contribution is 7.07. The van der Waals surface area contributed by atoms with Crippen LogP contribution in [0.2, 0.25) is 0 Å². The number of aromatic nitrogens is 1. The average molecular weight is 646 g/mol. The summed E-state index contributed by atoms with van der Waals surface area (Å²) in [6.07, 6.45) is 18.0. The number of carbonyl (C=O) groups excluding carboxylic acids is 1. The van der Waals surface area contributed by atoms with Gasteiger partial charge in [0.1, 0.15) is 0 Å². The number of anilines is 1. The number of thiazole rings is 1. The van der Waals surface area contributed by atoms with Gasteiger partial charge in [-0.15, -0.1) is 0 Å². The van der Waals surface area contributed by atoms with Gasteiger partial charge in [-0.1, -0.05) is 107 Å². The number of nitrogens with zero attached hydrogens (tertiary/aromatic N) is 2. The van der Waals surface area contributed by atoms with E-state index < -0.39 is 0 Å². The summed E-state index contributed by atoms with van der Waals surface area (Å²) in [4.78, 5) is 14.3. The Bertz CT molecular complexity index is 1110. The first kappa shape index (κ1) is 34.8. The summed E-state index contributed by atoms with van der Waals surface area (Å²) in [6, 6.07) is 14.2. The summed E-state index contributed by atoms with van der Waals surface area (Å²) in [6.45, 7) is 5.88. The topological polar surface area (TPSA) is 42.7 Å². The molecule has 0 spiro atoms. The summed E-state index contributed by atoms with van der Waals surface area (Å²) in [5, 5.41) is 2.07. The second-order valence-electron chi connectivity index (χ2n) is 10.7. The molecule has 226 valence electrons. The van der Waals surface area contributed by atoms with Gasteiger partial charge in [0.2, 0.25) is 11.4 Å². The molecule has 3 rings (SSSR count). The van der Waals surface area contributed by atoms with E-state index in [1.54, 1.807) is 30.3 Å². The molecule has 0 aliphatic heterocycles. The van der Waals surface area contributed by atoms with Crippen molar-refractivity contribution in [1.82, 2.24) is 0 Å². The van der Waals surface area contributed by atoms with Gasteiger partial charge in [-0.25, -0.2) is 0 Å². The minimum Gasteiger partial charge on any atom is -1.00 e. The van der Waals surface area contributed by atoms with E-state index in [4.69, 9.17) is 9.47 Å². The summed E-state index contributed by atoms with van der Waals surface area (Å²) in [5.74, 6) is 1.48. The van der Waals surface area contributed by atoms with E-state index in [1.807, 2.05) is 30.3 Å². The van der Waals surface area contributed by atoms with E-state index in [0.29, 0.717) is 18.9 Å². The van der Waals surface area contributed by atoms with Gasteiger partial charge in [0.15, 0.2) is 24.2 Å². The molecule has 1 amide bonds. The number of rotatable bonds is 20. The number of ether oxygens (including phenoxy) is 2. The lowest BCUT2D eigenvalue weighted by Crippen LogP contribution is -3.00. The van der Waals surface area contributed by atoms with Gasteiger partial charge in [0.25, 0.3) is 0 Å². The van der Waals surface area contributed by atoms with Crippen LogP contribution in [0.1, 0.15) is 102 Å². The van der Waals surface area contributed by atoms with E-state index in [9.17, 15) is 4.79 Å². The summed E-state index contributed by atoms with van der Waals surface area (Å²) >= 11 is 1.68. The van der Waals surface area contributed by atoms with Crippen LogP contribution < -0.4 is 35.9 Å². The highest BCUT2D eigenvalue weighted by Crippen LogP contribution is 2.30. The first-order valence-corrected chi connectivity index (χ1v) is 16.1. The predicted molar refractivity (Wildman–Crippen MR) is 166 cm³/mol. The van der Waals surface area contributed by atoms with Crippen molar-refractivity contribution >= 4 is 22.9 Å². The molecule has 0 atom stereocenters. The van der Waals surface area contributed by atoms with E-state index in [1.165, 1.54) is 76.2 Å². The molecule has 41 heavy (non-hydrogen) atoms. The third kappa shape index (κ3) is 13.0. The Morgan fingerprint density at radius 2 is 1.44 bits per heavy atom. The van der Waals surface area contributed by atoms with Crippen molar-refractivity contribution in [2.75, 3.05) is 18.6 Å². The zero-order valence-electron chi connectivity index (χ0n) is 25.3. The molecule has 0 fully saturated rings. The molecule has 1 aromatic heterocycles. The van der Waals surface area contributed by atoms with Crippen LogP contribution in [-0.4, -0.2) is 19.6 Å². The van der Waals surface area contributed by atoms with E-state index in [-0.39, 0.29) is 22.9 Å². The number of benzene rings is 2. The molecule has 0 N–H and O–H groups in total. The summed E-state index contributed by atoms with van der Waals surface area (Å²) < 4.78 is 13.8. The quantitative estimate of drug-likeness (QED) is 0.117. The fraction of sp³-hybridized carbons (Fsp3) is 0.529. The second-order valence-corrected chi connectivity index (χ2v) is 11.4. The maximum atomic E-state index is 12.5. The van der Waals surface area contributed by atoms with Crippen LogP contribution in [0.4, 0.5) is 5.69 Å². The van der Waals surface area contributed by atoms with Gasteiger partial charge in [0.05, 0.1) is 25.6 Å². The lowest BCUT2D eigenvalue weighted by atomic mass is 10.1. The van der Waals surface area contributed by atoms with E-state index in [0.717, 1.165) is 30.0 Å². The van der Waals surface area contributed by atoms with E-state index in [2.05, 4.69) is 40.7 Å². The van der Waals surface area contributed by atoms with Crippen LogP contribution in [0.5, 0.6) is 11.5 Å². The lowest BCUT2D eigenvalue weighted by Gasteiger charge is -2.22. The van der Waals surface area contributed by atoms with Crippen LogP contribution in [-0.2, 0) is 17.9 Å². The Kier molecular flexibility index (Phi) is 17.4. The van der Waals surface area contributed by atoms with Crippen molar-refractivity contribution in [1.29, 1.82) is 0 Å². The van der Waals surface area contributed by atoms with Crippen LogP contribution in [0, 0.1) is 0 Å². The van der Waals surface area contributed by atoms with Gasteiger partial charge in [-0.05, 0) is 36.2 Å². The molecular formula is C34H49BrN2O3S. The molecule has 1 heterocycles. The molecule has 0 radical (unpaired) electrons. The maximum Gasteiger partial charge on any atom is 0.224 e. The van der Waals surface area contributed by atoms with Crippen molar-refractivity contribution in [3.63, 3.8) is 0 Å². The maximum absolute atomic E-state index is 12.5. The minimum absolute atomic E-state index is 0. The first-order chi connectivity index (χ1) is 19.6. The molecule has 0 aliphatic carbocycles. The highest BCUT2D eigenvalue weighted by Gasteiger charge is 2.15. The number of halogens is 1. The molecule has 2 aromatic carbocycles. The summed E-state index contributed by atoms with van der Waals surface area (Å²) in [7, 11) is 1.67. The van der Waals surface area contributed by atoms with Gasteiger partial charge >= 0.3 is 0 Å². The van der Waals surface area contributed by atoms with E-state index >= 15 is 0 Å². The van der Waals surface area contributed by atoms with Gasteiger partial charge < -0.3 is 31.4 Å². The monoisotopic (exact) mass is 644 g/mol. The van der Waals surface area contributed by atoms with Gasteiger partial charge in [0, 0.05) is 18.2 Å². The second kappa shape index (κ2) is 20.5. The number of carbonyl (C=O) groups is 1. The predicted octanol–water partition coefficient (Wildman–Crippen LogP) is 5.73. The molecule has 0 saturated carbocycles. The molecule has 0 saturated heterocycles.